The number of rotatable bonds is 5. The molecule has 0 saturated carbocycles. The summed E-state index contributed by atoms with van der Waals surface area (Å²) in [5, 5.41) is 0. The SMILES string of the molecule is Cc1cc(C)nc(N2CCC[C@H](CCNS(C)(=O)=O)C2)n1. The van der Waals surface area contributed by atoms with Gasteiger partial charge in [-0.15, -0.1) is 0 Å². The number of aryl methyl sites for hydroxylation is 2. The Morgan fingerprint density at radius 3 is 2.62 bits per heavy atom. The molecule has 1 saturated heterocycles. The van der Waals surface area contributed by atoms with E-state index in [1.165, 1.54) is 6.26 Å². The molecule has 118 valence electrons. The van der Waals surface area contributed by atoms with Crippen LogP contribution in [0, 0.1) is 19.8 Å². The van der Waals surface area contributed by atoms with Crippen molar-refractivity contribution in [3.05, 3.63) is 17.5 Å². The lowest BCUT2D eigenvalue weighted by molar-refractivity contribution is 0.388. The van der Waals surface area contributed by atoms with Crippen molar-refractivity contribution in [2.45, 2.75) is 33.1 Å². The second kappa shape index (κ2) is 6.70. The first kappa shape index (κ1) is 16.2. The van der Waals surface area contributed by atoms with Crippen molar-refractivity contribution in [2.75, 3.05) is 30.8 Å². The molecule has 0 unspecified atom stereocenters. The van der Waals surface area contributed by atoms with E-state index in [-0.39, 0.29) is 0 Å². The van der Waals surface area contributed by atoms with E-state index < -0.39 is 10.0 Å². The number of sulfonamides is 1. The van der Waals surface area contributed by atoms with Gasteiger partial charge in [0, 0.05) is 31.0 Å². The average Bonchev–Trinajstić information content (AvgIpc) is 2.36. The lowest BCUT2D eigenvalue weighted by Gasteiger charge is -2.33. The Balaban J connectivity index is 1.94. The molecule has 1 fully saturated rings. The van der Waals surface area contributed by atoms with Crippen LogP contribution in [0.4, 0.5) is 5.95 Å². The summed E-state index contributed by atoms with van der Waals surface area (Å²) >= 11 is 0. The molecule has 1 aromatic heterocycles. The molecule has 1 aliphatic heterocycles. The van der Waals surface area contributed by atoms with Crippen molar-refractivity contribution in [3.8, 4) is 0 Å². The molecular weight excluding hydrogens is 288 g/mol. The topological polar surface area (TPSA) is 75.2 Å². The maximum absolute atomic E-state index is 11.1. The fourth-order valence-corrected chi connectivity index (χ4v) is 3.27. The molecule has 7 heteroatoms. The molecule has 2 heterocycles. The van der Waals surface area contributed by atoms with Crippen molar-refractivity contribution in [3.63, 3.8) is 0 Å². The van der Waals surface area contributed by atoms with Crippen LogP contribution >= 0.6 is 0 Å². The Hall–Kier alpha value is -1.21. The summed E-state index contributed by atoms with van der Waals surface area (Å²) in [6.45, 7) is 6.34. The first-order valence-corrected chi connectivity index (χ1v) is 9.24. The quantitative estimate of drug-likeness (QED) is 0.885. The Bertz CT molecular complexity index is 568. The third-order valence-corrected chi connectivity index (χ3v) is 4.42. The predicted octanol–water partition coefficient (Wildman–Crippen LogP) is 1.25. The second-order valence-corrected chi connectivity index (χ2v) is 7.69. The number of aromatic nitrogens is 2. The van der Waals surface area contributed by atoms with Crippen LogP contribution in [0.1, 0.15) is 30.7 Å². The smallest absolute Gasteiger partial charge is 0.225 e. The number of piperidine rings is 1. The first-order valence-electron chi connectivity index (χ1n) is 7.35. The third-order valence-electron chi connectivity index (χ3n) is 3.69. The van der Waals surface area contributed by atoms with E-state index in [9.17, 15) is 8.42 Å². The van der Waals surface area contributed by atoms with E-state index in [2.05, 4.69) is 19.6 Å². The summed E-state index contributed by atoms with van der Waals surface area (Å²) in [7, 11) is -3.09. The van der Waals surface area contributed by atoms with Crippen LogP contribution in [0.5, 0.6) is 0 Å². The molecule has 2 rings (SSSR count). The van der Waals surface area contributed by atoms with Gasteiger partial charge in [0.25, 0.3) is 0 Å². The zero-order chi connectivity index (χ0) is 15.5. The fraction of sp³-hybridized carbons (Fsp3) is 0.714. The molecule has 0 aromatic carbocycles. The molecule has 0 spiro atoms. The van der Waals surface area contributed by atoms with E-state index >= 15 is 0 Å². The zero-order valence-electron chi connectivity index (χ0n) is 13.0. The Morgan fingerprint density at radius 1 is 1.33 bits per heavy atom. The third kappa shape index (κ3) is 5.24. The van der Waals surface area contributed by atoms with Crippen molar-refractivity contribution in [2.24, 2.45) is 5.92 Å². The summed E-state index contributed by atoms with van der Waals surface area (Å²) < 4.78 is 24.7. The molecule has 0 amide bonds. The van der Waals surface area contributed by atoms with Crippen molar-refractivity contribution in [1.29, 1.82) is 0 Å². The lowest BCUT2D eigenvalue weighted by atomic mass is 9.95. The predicted molar refractivity (Wildman–Crippen MR) is 83.9 cm³/mol. The van der Waals surface area contributed by atoms with Gasteiger partial charge in [0.2, 0.25) is 16.0 Å². The summed E-state index contributed by atoms with van der Waals surface area (Å²) in [6.07, 6.45) is 4.28. The van der Waals surface area contributed by atoms with Crippen molar-refractivity contribution < 1.29 is 8.42 Å². The van der Waals surface area contributed by atoms with Gasteiger partial charge in [0.15, 0.2) is 0 Å². The van der Waals surface area contributed by atoms with E-state index in [0.717, 1.165) is 49.7 Å². The van der Waals surface area contributed by atoms with Crippen LogP contribution in [0.2, 0.25) is 0 Å². The van der Waals surface area contributed by atoms with Crippen LogP contribution in [0.3, 0.4) is 0 Å². The van der Waals surface area contributed by atoms with E-state index in [0.29, 0.717) is 12.5 Å². The van der Waals surface area contributed by atoms with Crippen molar-refractivity contribution >= 4 is 16.0 Å². The van der Waals surface area contributed by atoms with Crippen molar-refractivity contribution in [1.82, 2.24) is 14.7 Å². The van der Waals surface area contributed by atoms with Crippen LogP contribution < -0.4 is 9.62 Å². The minimum Gasteiger partial charge on any atom is -0.341 e. The van der Waals surface area contributed by atoms with Gasteiger partial charge in [-0.1, -0.05) is 0 Å². The minimum absolute atomic E-state index is 0.484. The molecule has 0 aliphatic carbocycles. The first-order chi connectivity index (χ1) is 9.83. The fourth-order valence-electron chi connectivity index (χ4n) is 2.78. The van der Waals surface area contributed by atoms with E-state index in [1.54, 1.807) is 0 Å². The van der Waals surface area contributed by atoms with Gasteiger partial charge in [0.05, 0.1) is 6.26 Å². The summed E-state index contributed by atoms with van der Waals surface area (Å²) in [5.74, 6) is 1.28. The molecule has 21 heavy (non-hydrogen) atoms. The summed E-state index contributed by atoms with van der Waals surface area (Å²) in [5.41, 5.74) is 1.97. The Labute approximate surface area is 127 Å². The summed E-state index contributed by atoms with van der Waals surface area (Å²) in [4.78, 5) is 11.2. The van der Waals surface area contributed by atoms with Crippen LogP contribution in [-0.2, 0) is 10.0 Å². The standard InChI is InChI=1S/C14H24N4O2S/c1-11-9-12(2)17-14(16-11)18-8-4-5-13(10-18)6-7-15-21(3,19)20/h9,13,15H,4-8,10H2,1-3H3/t13-/m1/s1. The second-order valence-electron chi connectivity index (χ2n) is 5.86. The average molecular weight is 312 g/mol. The van der Waals surface area contributed by atoms with Crippen LogP contribution in [-0.4, -0.2) is 44.3 Å². The highest BCUT2D eigenvalue weighted by atomic mass is 32.2. The Kier molecular flexibility index (Phi) is 5.16. The van der Waals surface area contributed by atoms with Gasteiger partial charge >= 0.3 is 0 Å². The number of hydrogen-bond donors (Lipinski definition) is 1. The van der Waals surface area contributed by atoms with Gasteiger partial charge in [-0.2, -0.15) is 0 Å². The van der Waals surface area contributed by atoms with Gasteiger partial charge in [-0.05, 0) is 45.1 Å². The van der Waals surface area contributed by atoms with Crippen LogP contribution in [0.15, 0.2) is 6.07 Å². The monoisotopic (exact) mass is 312 g/mol. The van der Waals surface area contributed by atoms with E-state index in [4.69, 9.17) is 0 Å². The zero-order valence-corrected chi connectivity index (χ0v) is 13.8. The van der Waals surface area contributed by atoms with E-state index in [1.807, 2.05) is 19.9 Å². The number of hydrogen-bond acceptors (Lipinski definition) is 5. The maximum atomic E-state index is 11.1. The molecule has 1 aliphatic rings. The van der Waals surface area contributed by atoms with Gasteiger partial charge in [0.1, 0.15) is 0 Å². The number of nitrogens with zero attached hydrogens (tertiary/aromatic N) is 3. The molecule has 1 atom stereocenters. The molecule has 1 N–H and O–H groups in total. The summed E-state index contributed by atoms with van der Waals surface area (Å²) in [6, 6.07) is 1.97. The molecule has 6 nitrogen and oxygen atoms in total. The molecule has 0 bridgehead atoms. The van der Waals surface area contributed by atoms with Gasteiger partial charge in [-0.3, -0.25) is 0 Å². The maximum Gasteiger partial charge on any atom is 0.225 e. The normalized spacial score (nSPS) is 19.8. The minimum atomic E-state index is -3.09. The highest BCUT2D eigenvalue weighted by molar-refractivity contribution is 7.88. The highest BCUT2D eigenvalue weighted by Gasteiger charge is 2.22. The lowest BCUT2D eigenvalue weighted by Crippen LogP contribution is -2.38. The molecular formula is C14H24N4O2S. The van der Waals surface area contributed by atoms with Crippen LogP contribution in [0.25, 0.3) is 0 Å². The van der Waals surface area contributed by atoms with Gasteiger partial charge < -0.3 is 4.90 Å². The molecule has 0 radical (unpaired) electrons. The van der Waals surface area contributed by atoms with Gasteiger partial charge in [-0.25, -0.2) is 23.1 Å². The highest BCUT2D eigenvalue weighted by Crippen LogP contribution is 2.22. The molecule has 1 aromatic rings. The number of anilines is 1. The Morgan fingerprint density at radius 2 is 2.00 bits per heavy atom. The largest absolute Gasteiger partial charge is 0.341 e. The number of nitrogens with one attached hydrogen (secondary N) is 1.